The van der Waals surface area contributed by atoms with Crippen LogP contribution >= 0.6 is 0 Å². The molecule has 2 aromatic carbocycles. The first kappa shape index (κ1) is 25.9. The number of nitrogens with zero attached hydrogens (tertiary/aromatic N) is 2. The minimum atomic E-state index is -0.604. The Morgan fingerprint density at radius 2 is 1.71 bits per heavy atom. The minimum absolute atomic E-state index is 0.320. The van der Waals surface area contributed by atoms with E-state index in [9.17, 15) is 4.79 Å². The zero-order valence-corrected chi connectivity index (χ0v) is 20.5. The standard InChI is InChI=1S/C28H32N2O5/c1-4-32-27(28(31)33-5-2)20-22-9-15-25(16-10-22)34-18-19-35-30-21(3)23-11-13-24(14-12-23)26-8-6-7-17-29-26/h6-17,27H,4-5,18-20H2,1-3H3/b30-21-. The zero-order valence-electron chi connectivity index (χ0n) is 20.5. The SMILES string of the molecule is CCOC(=O)C(Cc1ccc(OCCO/N=C(/C)c2ccc(-c3ccccn3)cc2)cc1)OCC. The Bertz CT molecular complexity index is 1070. The van der Waals surface area contributed by atoms with Gasteiger partial charge in [0, 0.05) is 24.8 Å². The molecule has 0 saturated carbocycles. The van der Waals surface area contributed by atoms with Gasteiger partial charge in [0.25, 0.3) is 0 Å². The lowest BCUT2D eigenvalue weighted by Crippen LogP contribution is -2.28. The van der Waals surface area contributed by atoms with E-state index in [1.54, 1.807) is 13.1 Å². The molecular formula is C28H32N2O5. The van der Waals surface area contributed by atoms with Crippen molar-refractivity contribution in [2.24, 2.45) is 5.16 Å². The average Bonchev–Trinajstić information content (AvgIpc) is 2.90. The molecule has 0 N–H and O–H groups in total. The van der Waals surface area contributed by atoms with Crippen molar-refractivity contribution in [1.82, 2.24) is 4.98 Å². The van der Waals surface area contributed by atoms with Crippen molar-refractivity contribution in [2.45, 2.75) is 33.3 Å². The third-order valence-electron chi connectivity index (χ3n) is 5.17. The van der Waals surface area contributed by atoms with Crippen molar-refractivity contribution >= 4 is 11.7 Å². The van der Waals surface area contributed by atoms with Crippen LogP contribution in [-0.4, -0.2) is 49.2 Å². The maximum atomic E-state index is 12.0. The number of hydrogen-bond acceptors (Lipinski definition) is 7. The van der Waals surface area contributed by atoms with Crippen LogP contribution in [0.1, 0.15) is 31.9 Å². The van der Waals surface area contributed by atoms with Gasteiger partial charge in [-0.05, 0) is 56.2 Å². The van der Waals surface area contributed by atoms with Crippen LogP contribution in [0.2, 0.25) is 0 Å². The molecule has 184 valence electrons. The molecule has 1 unspecified atom stereocenters. The van der Waals surface area contributed by atoms with E-state index in [-0.39, 0.29) is 5.97 Å². The number of carbonyl (C=O) groups excluding carboxylic acids is 1. The monoisotopic (exact) mass is 476 g/mol. The zero-order chi connectivity index (χ0) is 24.9. The van der Waals surface area contributed by atoms with Gasteiger partial charge in [-0.1, -0.05) is 47.6 Å². The van der Waals surface area contributed by atoms with Crippen LogP contribution in [-0.2, 0) is 25.5 Å². The molecule has 1 aromatic heterocycles. The number of carbonyl (C=O) groups is 1. The van der Waals surface area contributed by atoms with Gasteiger partial charge in [-0.2, -0.15) is 0 Å². The Hall–Kier alpha value is -3.71. The predicted molar refractivity (Wildman–Crippen MR) is 136 cm³/mol. The Morgan fingerprint density at radius 1 is 0.943 bits per heavy atom. The summed E-state index contributed by atoms with van der Waals surface area (Å²) in [6.07, 6.45) is 1.63. The third-order valence-corrected chi connectivity index (χ3v) is 5.17. The summed E-state index contributed by atoms with van der Waals surface area (Å²) in [4.78, 5) is 21.8. The number of hydrogen-bond donors (Lipinski definition) is 0. The van der Waals surface area contributed by atoms with Gasteiger partial charge < -0.3 is 19.0 Å². The molecule has 3 aromatic rings. The van der Waals surface area contributed by atoms with Gasteiger partial charge in [0.1, 0.15) is 12.4 Å². The summed E-state index contributed by atoms with van der Waals surface area (Å²) in [5.74, 6) is 0.374. The van der Waals surface area contributed by atoms with Crippen LogP contribution in [0.3, 0.4) is 0 Å². The number of aromatic nitrogens is 1. The highest BCUT2D eigenvalue weighted by atomic mass is 16.6. The largest absolute Gasteiger partial charge is 0.490 e. The summed E-state index contributed by atoms with van der Waals surface area (Å²) < 4.78 is 16.3. The van der Waals surface area contributed by atoms with E-state index < -0.39 is 6.10 Å². The summed E-state index contributed by atoms with van der Waals surface area (Å²) in [5, 5.41) is 4.19. The fraction of sp³-hybridized carbons (Fsp3) is 0.321. The molecule has 1 atom stereocenters. The number of esters is 1. The van der Waals surface area contributed by atoms with Gasteiger partial charge in [0.05, 0.1) is 18.0 Å². The highest BCUT2D eigenvalue weighted by Crippen LogP contribution is 2.18. The topological polar surface area (TPSA) is 79.2 Å². The maximum absolute atomic E-state index is 12.0. The highest BCUT2D eigenvalue weighted by Gasteiger charge is 2.20. The third kappa shape index (κ3) is 8.22. The lowest BCUT2D eigenvalue weighted by molar-refractivity contribution is -0.156. The second kappa shape index (κ2) is 13.9. The van der Waals surface area contributed by atoms with Crippen molar-refractivity contribution in [2.75, 3.05) is 26.4 Å². The molecular weight excluding hydrogens is 444 g/mol. The molecule has 0 fully saturated rings. The molecule has 0 spiro atoms. The van der Waals surface area contributed by atoms with E-state index in [1.807, 2.05) is 80.6 Å². The summed E-state index contributed by atoms with van der Waals surface area (Å²) in [6.45, 7) is 7.00. The Morgan fingerprint density at radius 3 is 2.37 bits per heavy atom. The smallest absolute Gasteiger partial charge is 0.335 e. The van der Waals surface area contributed by atoms with E-state index in [0.29, 0.717) is 38.6 Å². The highest BCUT2D eigenvalue weighted by molar-refractivity contribution is 5.98. The molecule has 0 aliphatic rings. The van der Waals surface area contributed by atoms with E-state index in [4.69, 9.17) is 19.0 Å². The molecule has 0 saturated heterocycles. The first-order valence-corrected chi connectivity index (χ1v) is 11.8. The summed E-state index contributed by atoms with van der Waals surface area (Å²) in [5.41, 5.74) is 4.72. The normalized spacial score (nSPS) is 12.1. The fourth-order valence-electron chi connectivity index (χ4n) is 3.39. The van der Waals surface area contributed by atoms with Crippen molar-refractivity contribution in [3.8, 4) is 17.0 Å². The molecule has 0 aliphatic carbocycles. The maximum Gasteiger partial charge on any atom is 0.335 e. The molecule has 3 rings (SSSR count). The van der Waals surface area contributed by atoms with Gasteiger partial charge in [0.15, 0.2) is 12.7 Å². The van der Waals surface area contributed by atoms with Crippen LogP contribution in [0.25, 0.3) is 11.3 Å². The van der Waals surface area contributed by atoms with Gasteiger partial charge in [-0.25, -0.2) is 4.79 Å². The second-order valence-electron chi connectivity index (χ2n) is 7.69. The number of benzene rings is 2. The minimum Gasteiger partial charge on any atom is -0.490 e. The molecule has 0 radical (unpaired) electrons. The molecule has 35 heavy (non-hydrogen) atoms. The average molecular weight is 477 g/mol. The van der Waals surface area contributed by atoms with Crippen molar-refractivity contribution in [1.29, 1.82) is 0 Å². The molecule has 0 aliphatic heterocycles. The molecule has 7 nitrogen and oxygen atoms in total. The van der Waals surface area contributed by atoms with Crippen molar-refractivity contribution in [3.63, 3.8) is 0 Å². The fourth-order valence-corrected chi connectivity index (χ4v) is 3.39. The van der Waals surface area contributed by atoms with E-state index in [1.165, 1.54) is 0 Å². The Labute approximate surface area is 206 Å². The second-order valence-corrected chi connectivity index (χ2v) is 7.69. The van der Waals surface area contributed by atoms with E-state index in [2.05, 4.69) is 10.1 Å². The predicted octanol–water partition coefficient (Wildman–Crippen LogP) is 5.08. The van der Waals surface area contributed by atoms with Crippen molar-refractivity contribution < 1.29 is 23.8 Å². The summed E-state index contributed by atoms with van der Waals surface area (Å²) in [7, 11) is 0. The van der Waals surface area contributed by atoms with Gasteiger partial charge in [-0.3, -0.25) is 4.98 Å². The van der Waals surface area contributed by atoms with Crippen LogP contribution in [0.5, 0.6) is 5.75 Å². The molecule has 7 heteroatoms. The van der Waals surface area contributed by atoms with E-state index >= 15 is 0 Å². The number of ether oxygens (including phenoxy) is 3. The summed E-state index contributed by atoms with van der Waals surface area (Å²) in [6, 6.07) is 21.5. The van der Waals surface area contributed by atoms with Gasteiger partial charge in [-0.15, -0.1) is 0 Å². The first-order valence-electron chi connectivity index (χ1n) is 11.8. The molecule has 1 heterocycles. The van der Waals surface area contributed by atoms with Crippen LogP contribution in [0, 0.1) is 0 Å². The Kier molecular flexibility index (Phi) is 10.3. The Balaban J connectivity index is 1.42. The number of pyridine rings is 1. The van der Waals surface area contributed by atoms with Crippen LogP contribution in [0.4, 0.5) is 0 Å². The summed E-state index contributed by atoms with van der Waals surface area (Å²) >= 11 is 0. The van der Waals surface area contributed by atoms with Crippen LogP contribution < -0.4 is 4.74 Å². The lowest BCUT2D eigenvalue weighted by Gasteiger charge is -2.15. The lowest BCUT2D eigenvalue weighted by atomic mass is 10.1. The number of oxime groups is 1. The van der Waals surface area contributed by atoms with E-state index in [0.717, 1.165) is 28.1 Å². The van der Waals surface area contributed by atoms with Crippen molar-refractivity contribution in [3.05, 3.63) is 84.1 Å². The first-order chi connectivity index (χ1) is 17.1. The number of rotatable bonds is 13. The molecule has 0 bridgehead atoms. The van der Waals surface area contributed by atoms with Crippen LogP contribution in [0.15, 0.2) is 78.1 Å². The van der Waals surface area contributed by atoms with Gasteiger partial charge in [0.2, 0.25) is 0 Å². The quantitative estimate of drug-likeness (QED) is 0.148. The van der Waals surface area contributed by atoms with Gasteiger partial charge >= 0.3 is 5.97 Å². The molecule has 0 amide bonds.